The van der Waals surface area contributed by atoms with E-state index in [9.17, 15) is 14.4 Å². The number of amides is 1. The van der Waals surface area contributed by atoms with Crippen LogP contribution >= 0.6 is 0 Å². The van der Waals surface area contributed by atoms with Crippen LogP contribution in [-0.4, -0.2) is 22.4 Å². The lowest BCUT2D eigenvalue weighted by atomic mass is 10.1. The van der Waals surface area contributed by atoms with Crippen molar-refractivity contribution in [1.82, 2.24) is 4.90 Å². The lowest BCUT2D eigenvalue weighted by Crippen LogP contribution is -2.29. The Morgan fingerprint density at radius 1 is 1.22 bits per heavy atom. The van der Waals surface area contributed by atoms with Gasteiger partial charge in [-0.3, -0.25) is 19.3 Å². The van der Waals surface area contributed by atoms with Gasteiger partial charge < -0.3 is 0 Å². The molecule has 1 heterocycles. The van der Waals surface area contributed by atoms with Crippen LogP contribution in [0.1, 0.15) is 6.92 Å². The molecule has 0 bridgehead atoms. The highest BCUT2D eigenvalue weighted by molar-refractivity contribution is 6.19. The minimum absolute atomic E-state index is 0.0258. The Balaban J connectivity index is 2.49. The van der Waals surface area contributed by atoms with Crippen LogP contribution in [0.4, 0.5) is 0 Å². The Kier molecular flexibility index (Phi) is 2.78. The predicted octanol–water partition coefficient (Wildman–Crippen LogP) is 0.774. The van der Waals surface area contributed by atoms with E-state index in [-0.39, 0.29) is 11.5 Å². The Labute approximate surface area is 103 Å². The summed E-state index contributed by atoms with van der Waals surface area (Å²) in [6.45, 7) is 1.66. The van der Waals surface area contributed by atoms with Crippen molar-refractivity contribution in [3.05, 3.63) is 47.3 Å². The summed E-state index contributed by atoms with van der Waals surface area (Å²) in [5.74, 6) is -1.23. The molecule has 88 valence electrons. The number of nitrogens with zero attached hydrogens (tertiary/aromatic N) is 2. The average molecular weight is 240 g/mol. The number of allylic oxidation sites excluding steroid dienone is 5. The van der Waals surface area contributed by atoms with Gasteiger partial charge in [-0.05, 0) is 24.6 Å². The van der Waals surface area contributed by atoms with Crippen LogP contribution in [0.2, 0.25) is 0 Å². The van der Waals surface area contributed by atoms with Gasteiger partial charge in [-0.25, -0.2) is 0 Å². The maximum Gasteiger partial charge on any atom is 0.256 e. The first kappa shape index (κ1) is 11.7. The molecule has 0 aromatic rings. The minimum Gasteiger partial charge on any atom is -0.290 e. The molecule has 0 saturated carbocycles. The SMILES string of the molecule is CC1=CC(=O)N(C2=CC(=O)C=CC2=O)/C1=C/C#N. The van der Waals surface area contributed by atoms with Crippen LogP contribution in [-0.2, 0) is 14.4 Å². The molecule has 0 aromatic heterocycles. The minimum atomic E-state index is -0.435. The fourth-order valence-corrected chi connectivity index (χ4v) is 1.78. The highest BCUT2D eigenvalue weighted by Gasteiger charge is 2.32. The lowest BCUT2D eigenvalue weighted by molar-refractivity contribution is -0.124. The predicted molar refractivity (Wildman–Crippen MR) is 61.5 cm³/mol. The number of nitriles is 1. The molecule has 2 rings (SSSR count). The van der Waals surface area contributed by atoms with Crippen LogP contribution in [0.25, 0.3) is 0 Å². The summed E-state index contributed by atoms with van der Waals surface area (Å²) in [6.07, 6.45) is 5.84. The van der Waals surface area contributed by atoms with E-state index in [0.717, 1.165) is 23.1 Å². The first-order chi connectivity index (χ1) is 8.54. The van der Waals surface area contributed by atoms with Gasteiger partial charge in [0.2, 0.25) is 5.78 Å². The van der Waals surface area contributed by atoms with Gasteiger partial charge in [0, 0.05) is 18.2 Å². The molecule has 5 heteroatoms. The van der Waals surface area contributed by atoms with E-state index in [0.29, 0.717) is 11.3 Å². The third kappa shape index (κ3) is 1.80. The topological polar surface area (TPSA) is 78.2 Å². The van der Waals surface area contributed by atoms with Crippen LogP contribution in [0.5, 0.6) is 0 Å². The third-order valence-corrected chi connectivity index (χ3v) is 2.58. The van der Waals surface area contributed by atoms with Crippen molar-refractivity contribution in [2.75, 3.05) is 0 Å². The molecule has 0 unspecified atom stereocenters. The highest BCUT2D eigenvalue weighted by atomic mass is 16.2. The molecule has 2 aliphatic rings. The van der Waals surface area contributed by atoms with Crippen molar-refractivity contribution in [3.63, 3.8) is 0 Å². The molecule has 1 aliphatic heterocycles. The lowest BCUT2D eigenvalue weighted by Gasteiger charge is -2.21. The molecule has 0 saturated heterocycles. The van der Waals surface area contributed by atoms with E-state index < -0.39 is 11.7 Å². The molecule has 0 N–H and O–H groups in total. The van der Waals surface area contributed by atoms with Gasteiger partial charge in [0.15, 0.2) is 5.78 Å². The van der Waals surface area contributed by atoms with E-state index in [2.05, 4.69) is 0 Å². The largest absolute Gasteiger partial charge is 0.290 e. The van der Waals surface area contributed by atoms with Gasteiger partial charge in [0.05, 0.1) is 11.8 Å². The van der Waals surface area contributed by atoms with E-state index in [1.807, 2.05) is 6.07 Å². The standard InChI is InChI=1S/C13H8N2O3/c1-8-6-13(18)15(10(8)4-5-14)11-7-9(16)2-3-12(11)17/h2-4,6-7H,1H3/b10-4+. The molecular formula is C13H8N2O3. The van der Waals surface area contributed by atoms with Crippen molar-refractivity contribution in [2.45, 2.75) is 6.92 Å². The quantitative estimate of drug-likeness (QED) is 0.501. The Morgan fingerprint density at radius 2 is 1.94 bits per heavy atom. The molecule has 1 amide bonds. The Hall–Kier alpha value is -2.74. The van der Waals surface area contributed by atoms with E-state index in [4.69, 9.17) is 5.26 Å². The number of carbonyl (C=O) groups is 3. The fraction of sp³-hybridized carbons (Fsp3) is 0.0769. The van der Waals surface area contributed by atoms with Crippen molar-refractivity contribution in [3.8, 4) is 6.07 Å². The second-order valence-corrected chi connectivity index (χ2v) is 3.79. The number of carbonyl (C=O) groups excluding carboxylic acids is 3. The molecule has 0 radical (unpaired) electrons. The summed E-state index contributed by atoms with van der Waals surface area (Å²) in [5, 5.41) is 8.69. The molecule has 0 aromatic carbocycles. The van der Waals surface area contributed by atoms with E-state index >= 15 is 0 Å². The maximum atomic E-state index is 11.8. The summed E-state index contributed by atoms with van der Waals surface area (Å²) in [6, 6.07) is 1.82. The molecule has 0 fully saturated rings. The van der Waals surface area contributed by atoms with Crippen LogP contribution in [0.3, 0.4) is 0 Å². The van der Waals surface area contributed by atoms with Gasteiger partial charge in [-0.2, -0.15) is 5.26 Å². The normalized spacial score (nSPS) is 21.2. The first-order valence-corrected chi connectivity index (χ1v) is 5.15. The average Bonchev–Trinajstić information content (AvgIpc) is 2.58. The Morgan fingerprint density at radius 3 is 2.61 bits per heavy atom. The summed E-state index contributed by atoms with van der Waals surface area (Å²) in [4.78, 5) is 35.8. The second-order valence-electron chi connectivity index (χ2n) is 3.79. The molecule has 0 spiro atoms. The second kappa shape index (κ2) is 4.26. The smallest absolute Gasteiger partial charge is 0.256 e. The monoisotopic (exact) mass is 240 g/mol. The van der Waals surface area contributed by atoms with Gasteiger partial charge in [0.1, 0.15) is 5.70 Å². The number of hydrogen-bond acceptors (Lipinski definition) is 4. The van der Waals surface area contributed by atoms with Crippen molar-refractivity contribution in [2.24, 2.45) is 0 Å². The molecule has 0 atom stereocenters. The van der Waals surface area contributed by atoms with Crippen molar-refractivity contribution < 1.29 is 14.4 Å². The van der Waals surface area contributed by atoms with Gasteiger partial charge >= 0.3 is 0 Å². The maximum absolute atomic E-state index is 11.8. The van der Waals surface area contributed by atoms with Gasteiger partial charge in [-0.15, -0.1) is 0 Å². The van der Waals surface area contributed by atoms with Gasteiger partial charge in [0.25, 0.3) is 5.91 Å². The summed E-state index contributed by atoms with van der Waals surface area (Å²) < 4.78 is 0. The number of hydrogen-bond donors (Lipinski definition) is 0. The molecular weight excluding hydrogens is 232 g/mol. The van der Waals surface area contributed by atoms with Crippen LogP contribution < -0.4 is 0 Å². The molecule has 18 heavy (non-hydrogen) atoms. The summed E-state index contributed by atoms with van der Waals surface area (Å²) >= 11 is 0. The molecule has 1 aliphatic carbocycles. The number of rotatable bonds is 1. The highest BCUT2D eigenvalue weighted by Crippen LogP contribution is 2.28. The zero-order chi connectivity index (χ0) is 13.3. The fourth-order valence-electron chi connectivity index (χ4n) is 1.78. The van der Waals surface area contributed by atoms with Crippen molar-refractivity contribution >= 4 is 17.5 Å². The summed E-state index contributed by atoms with van der Waals surface area (Å²) in [5.41, 5.74) is 0.879. The Bertz CT molecular complexity index is 627. The van der Waals surface area contributed by atoms with Crippen LogP contribution in [0.15, 0.2) is 47.3 Å². The van der Waals surface area contributed by atoms with Crippen LogP contribution in [0, 0.1) is 11.3 Å². The zero-order valence-corrected chi connectivity index (χ0v) is 9.51. The zero-order valence-electron chi connectivity index (χ0n) is 9.51. The molecule has 5 nitrogen and oxygen atoms in total. The van der Waals surface area contributed by atoms with E-state index in [1.54, 1.807) is 6.92 Å². The summed E-state index contributed by atoms with van der Waals surface area (Å²) in [7, 11) is 0. The first-order valence-electron chi connectivity index (χ1n) is 5.15. The van der Waals surface area contributed by atoms with E-state index in [1.165, 1.54) is 12.2 Å². The number of ketones is 2. The third-order valence-electron chi connectivity index (χ3n) is 2.58. The van der Waals surface area contributed by atoms with Crippen molar-refractivity contribution in [1.29, 1.82) is 5.26 Å². The van der Waals surface area contributed by atoms with Gasteiger partial charge in [-0.1, -0.05) is 0 Å².